The van der Waals surface area contributed by atoms with E-state index in [2.05, 4.69) is 20.9 Å². The number of hydrogen-bond acceptors (Lipinski definition) is 4. The summed E-state index contributed by atoms with van der Waals surface area (Å²) >= 11 is 3.38. The van der Waals surface area contributed by atoms with Gasteiger partial charge in [-0.25, -0.2) is 4.98 Å². The van der Waals surface area contributed by atoms with Crippen LogP contribution in [0.4, 0.5) is 5.69 Å². The fourth-order valence-corrected chi connectivity index (χ4v) is 1.93. The van der Waals surface area contributed by atoms with Gasteiger partial charge in [-0.15, -0.1) is 0 Å². The Bertz CT molecular complexity index is 617. The highest BCUT2D eigenvalue weighted by Crippen LogP contribution is 2.20. The number of primary amides is 1. The summed E-state index contributed by atoms with van der Waals surface area (Å²) in [7, 11) is 0. The Labute approximate surface area is 118 Å². The van der Waals surface area contributed by atoms with E-state index in [-0.39, 0.29) is 11.6 Å². The van der Waals surface area contributed by atoms with Crippen LogP contribution in [0.1, 0.15) is 16.1 Å². The van der Waals surface area contributed by atoms with Crippen LogP contribution in [-0.2, 0) is 6.61 Å². The van der Waals surface area contributed by atoms with Gasteiger partial charge in [0.05, 0.1) is 5.69 Å². The minimum Gasteiger partial charge on any atom is -0.471 e. The monoisotopic (exact) mass is 321 g/mol. The van der Waals surface area contributed by atoms with E-state index in [4.69, 9.17) is 16.2 Å². The number of nitrogen functional groups attached to an aromatic ring is 1. The maximum atomic E-state index is 11.0. The number of nitrogens with zero attached hydrogens (tertiary/aromatic N) is 1. The SMILES string of the molecule is NC(=O)c1ccc(N)c(OCc2cccc(Br)c2)n1. The average Bonchev–Trinajstić information content (AvgIpc) is 2.37. The summed E-state index contributed by atoms with van der Waals surface area (Å²) in [6, 6.07) is 10.7. The molecule has 0 radical (unpaired) electrons. The van der Waals surface area contributed by atoms with Crippen molar-refractivity contribution in [2.75, 3.05) is 5.73 Å². The van der Waals surface area contributed by atoms with Gasteiger partial charge in [0.25, 0.3) is 5.91 Å². The van der Waals surface area contributed by atoms with Crippen LogP contribution in [0.2, 0.25) is 0 Å². The highest BCUT2D eigenvalue weighted by atomic mass is 79.9. The van der Waals surface area contributed by atoms with Gasteiger partial charge in [0.2, 0.25) is 5.88 Å². The average molecular weight is 322 g/mol. The predicted molar refractivity (Wildman–Crippen MR) is 75.6 cm³/mol. The molecule has 5 nitrogen and oxygen atoms in total. The van der Waals surface area contributed by atoms with Gasteiger partial charge in [0.1, 0.15) is 12.3 Å². The van der Waals surface area contributed by atoms with Gasteiger partial charge in [-0.1, -0.05) is 28.1 Å². The second-order valence-corrected chi connectivity index (χ2v) is 4.79. The Morgan fingerprint density at radius 2 is 2.11 bits per heavy atom. The molecule has 1 aromatic heterocycles. The molecule has 2 rings (SSSR count). The van der Waals surface area contributed by atoms with Crippen molar-refractivity contribution in [2.45, 2.75) is 6.61 Å². The molecule has 1 heterocycles. The Kier molecular flexibility index (Phi) is 4.01. The first-order chi connectivity index (χ1) is 9.06. The Morgan fingerprint density at radius 3 is 2.79 bits per heavy atom. The summed E-state index contributed by atoms with van der Waals surface area (Å²) in [5.41, 5.74) is 12.3. The largest absolute Gasteiger partial charge is 0.471 e. The smallest absolute Gasteiger partial charge is 0.267 e. The number of rotatable bonds is 4. The molecule has 2 aromatic rings. The third kappa shape index (κ3) is 3.45. The Balaban J connectivity index is 2.15. The van der Waals surface area contributed by atoms with E-state index in [1.54, 1.807) is 6.07 Å². The first-order valence-corrected chi connectivity index (χ1v) is 6.29. The zero-order chi connectivity index (χ0) is 13.8. The van der Waals surface area contributed by atoms with Crippen molar-refractivity contribution in [2.24, 2.45) is 5.73 Å². The first kappa shape index (κ1) is 13.4. The number of anilines is 1. The van der Waals surface area contributed by atoms with Crippen LogP contribution < -0.4 is 16.2 Å². The topological polar surface area (TPSA) is 91.2 Å². The molecule has 0 aliphatic rings. The second-order valence-electron chi connectivity index (χ2n) is 3.87. The van der Waals surface area contributed by atoms with Crippen molar-refractivity contribution < 1.29 is 9.53 Å². The summed E-state index contributed by atoms with van der Waals surface area (Å²) in [6.45, 7) is 0.304. The third-order valence-corrected chi connectivity index (χ3v) is 2.90. The molecule has 1 amide bonds. The Morgan fingerprint density at radius 1 is 1.32 bits per heavy atom. The van der Waals surface area contributed by atoms with Crippen LogP contribution in [0.3, 0.4) is 0 Å². The number of carbonyl (C=O) groups is 1. The zero-order valence-electron chi connectivity index (χ0n) is 9.97. The van der Waals surface area contributed by atoms with E-state index in [1.165, 1.54) is 6.07 Å². The minimum atomic E-state index is -0.618. The van der Waals surface area contributed by atoms with Crippen molar-refractivity contribution in [1.82, 2.24) is 4.98 Å². The van der Waals surface area contributed by atoms with Gasteiger partial charge in [0.15, 0.2) is 0 Å². The molecule has 0 saturated carbocycles. The molecule has 4 N–H and O–H groups in total. The Hall–Kier alpha value is -2.08. The molecule has 0 bridgehead atoms. The van der Waals surface area contributed by atoms with Gasteiger partial charge in [-0.05, 0) is 29.8 Å². The lowest BCUT2D eigenvalue weighted by atomic mass is 10.2. The molecular weight excluding hydrogens is 310 g/mol. The normalized spacial score (nSPS) is 10.2. The zero-order valence-corrected chi connectivity index (χ0v) is 11.6. The van der Waals surface area contributed by atoms with E-state index in [0.717, 1.165) is 10.0 Å². The molecule has 0 atom stereocenters. The van der Waals surface area contributed by atoms with Crippen LogP contribution in [0.25, 0.3) is 0 Å². The quantitative estimate of drug-likeness (QED) is 0.902. The molecule has 6 heteroatoms. The van der Waals surface area contributed by atoms with Crippen molar-refractivity contribution in [3.8, 4) is 5.88 Å². The maximum Gasteiger partial charge on any atom is 0.267 e. The molecular formula is C13H12BrN3O2. The summed E-state index contributed by atoms with van der Waals surface area (Å²) in [5.74, 6) is -0.413. The molecule has 0 unspecified atom stereocenters. The van der Waals surface area contributed by atoms with Crippen LogP contribution in [0.15, 0.2) is 40.9 Å². The van der Waals surface area contributed by atoms with Gasteiger partial charge >= 0.3 is 0 Å². The molecule has 0 aliphatic carbocycles. The summed E-state index contributed by atoms with van der Waals surface area (Å²) < 4.78 is 6.46. The molecule has 1 aromatic carbocycles. The fourth-order valence-electron chi connectivity index (χ4n) is 1.48. The standard InChI is InChI=1S/C13H12BrN3O2/c14-9-3-1-2-8(6-9)7-19-13-10(15)4-5-11(17-13)12(16)18/h1-6H,7,15H2,(H2,16,18). The van der Waals surface area contributed by atoms with E-state index >= 15 is 0 Å². The number of halogens is 1. The molecule has 0 saturated heterocycles. The van der Waals surface area contributed by atoms with E-state index in [1.807, 2.05) is 24.3 Å². The van der Waals surface area contributed by atoms with Gasteiger partial charge < -0.3 is 16.2 Å². The number of ether oxygens (including phenoxy) is 1. The summed E-state index contributed by atoms with van der Waals surface area (Å²) in [4.78, 5) is 15.0. The predicted octanol–water partition coefficient (Wildman–Crippen LogP) is 2.10. The summed E-state index contributed by atoms with van der Waals surface area (Å²) in [6.07, 6.45) is 0. The van der Waals surface area contributed by atoms with E-state index in [9.17, 15) is 4.79 Å². The first-order valence-electron chi connectivity index (χ1n) is 5.50. The van der Waals surface area contributed by atoms with Gasteiger partial charge in [0, 0.05) is 4.47 Å². The van der Waals surface area contributed by atoms with Crippen molar-refractivity contribution in [3.05, 3.63) is 52.1 Å². The lowest BCUT2D eigenvalue weighted by Crippen LogP contribution is -2.14. The highest BCUT2D eigenvalue weighted by Gasteiger charge is 2.08. The molecule has 0 fully saturated rings. The van der Waals surface area contributed by atoms with E-state index in [0.29, 0.717) is 12.3 Å². The molecule has 0 spiro atoms. The van der Waals surface area contributed by atoms with Crippen molar-refractivity contribution >= 4 is 27.5 Å². The lowest BCUT2D eigenvalue weighted by molar-refractivity contribution is 0.0994. The van der Waals surface area contributed by atoms with E-state index < -0.39 is 5.91 Å². The maximum absolute atomic E-state index is 11.0. The van der Waals surface area contributed by atoms with Crippen LogP contribution in [0.5, 0.6) is 5.88 Å². The highest BCUT2D eigenvalue weighted by molar-refractivity contribution is 9.10. The van der Waals surface area contributed by atoms with Crippen molar-refractivity contribution in [1.29, 1.82) is 0 Å². The second kappa shape index (κ2) is 5.71. The van der Waals surface area contributed by atoms with Crippen LogP contribution in [-0.4, -0.2) is 10.9 Å². The number of nitrogens with two attached hydrogens (primary N) is 2. The number of amides is 1. The molecule has 0 aliphatic heterocycles. The van der Waals surface area contributed by atoms with Gasteiger partial charge in [-0.2, -0.15) is 0 Å². The lowest BCUT2D eigenvalue weighted by Gasteiger charge is -2.09. The fraction of sp³-hybridized carbons (Fsp3) is 0.0769. The number of carbonyl (C=O) groups excluding carboxylic acids is 1. The summed E-state index contributed by atoms with van der Waals surface area (Å²) in [5, 5.41) is 0. The third-order valence-electron chi connectivity index (χ3n) is 2.41. The number of hydrogen-bond donors (Lipinski definition) is 2. The van der Waals surface area contributed by atoms with Crippen LogP contribution in [0, 0.1) is 0 Å². The minimum absolute atomic E-state index is 0.124. The number of benzene rings is 1. The number of pyridine rings is 1. The van der Waals surface area contributed by atoms with Gasteiger partial charge in [-0.3, -0.25) is 4.79 Å². The van der Waals surface area contributed by atoms with Crippen LogP contribution >= 0.6 is 15.9 Å². The molecule has 19 heavy (non-hydrogen) atoms. The number of aromatic nitrogens is 1. The molecule has 98 valence electrons. The van der Waals surface area contributed by atoms with Crippen molar-refractivity contribution in [3.63, 3.8) is 0 Å².